The number of rotatable bonds is 22. The molecule has 67 heavy (non-hydrogen) atoms. The quantitative estimate of drug-likeness (QED) is 0.0530. The largest absolute Gasteiger partial charge is 0.480 e. The molecular weight excluding hydrogens is 943 g/mol. The summed E-state index contributed by atoms with van der Waals surface area (Å²) in [5, 5.41) is 14.0. The molecular formula is C53H60Cl4N6O3S. The maximum absolute atomic E-state index is 14.3. The number of nitrogens with zero attached hydrogens (tertiary/aromatic N) is 4. The molecule has 0 spiro atoms. The highest BCUT2D eigenvalue weighted by Gasteiger charge is 2.41. The molecule has 3 atom stereocenters. The number of hydrogen-bond donors (Lipinski definition) is 2. The van der Waals surface area contributed by atoms with Crippen molar-refractivity contribution >= 4 is 98.6 Å². The highest BCUT2D eigenvalue weighted by atomic mass is 35.5. The number of hydrogen-bond acceptors (Lipinski definition) is 7. The Labute approximate surface area is 420 Å². The van der Waals surface area contributed by atoms with Crippen LogP contribution < -0.4 is 20.5 Å². The van der Waals surface area contributed by atoms with Gasteiger partial charge in [0.25, 0.3) is 11.8 Å². The van der Waals surface area contributed by atoms with Crippen molar-refractivity contribution in [3.8, 4) is 5.75 Å². The fraction of sp³-hybridized carbons (Fsp3) is 0.377. The number of benzene rings is 5. The highest BCUT2D eigenvalue weighted by molar-refractivity contribution is 7.99. The summed E-state index contributed by atoms with van der Waals surface area (Å²) >= 11 is 27.8. The SMILES string of the molecule is CCCCCCCCCCC(C)C(Oc1ccc(C(C)(C)CC)cc1)C(=O)Nc1ccc(Cl)c(N=C2NN(c3c(Cl)cc(Cl)cc3Cl)C(=O)C2N=Nc2ccc(Sc3ccc(C)cc3)cc2)c1. The van der Waals surface area contributed by atoms with Crippen LogP contribution in [-0.2, 0) is 15.0 Å². The lowest BCUT2D eigenvalue weighted by Gasteiger charge is -2.26. The van der Waals surface area contributed by atoms with Gasteiger partial charge in [-0.2, -0.15) is 10.2 Å². The molecule has 14 heteroatoms. The predicted octanol–water partition coefficient (Wildman–Crippen LogP) is 16.7. The Morgan fingerprint density at radius 3 is 2.04 bits per heavy atom. The molecule has 354 valence electrons. The molecule has 2 amide bonds. The first-order valence-electron chi connectivity index (χ1n) is 23.1. The van der Waals surface area contributed by atoms with Gasteiger partial charge in [0, 0.05) is 26.4 Å². The molecule has 2 N–H and O–H groups in total. The molecule has 0 radical (unpaired) electrons. The smallest absolute Gasteiger partial charge is 0.280 e. The van der Waals surface area contributed by atoms with E-state index < -0.39 is 18.1 Å². The van der Waals surface area contributed by atoms with Gasteiger partial charge in [-0.05, 0) is 110 Å². The molecule has 5 aromatic carbocycles. The van der Waals surface area contributed by atoms with E-state index in [1.807, 2.05) is 36.4 Å². The summed E-state index contributed by atoms with van der Waals surface area (Å²) < 4.78 is 6.53. The summed E-state index contributed by atoms with van der Waals surface area (Å²) in [5.74, 6) is -0.200. The van der Waals surface area contributed by atoms with Crippen LogP contribution in [0.5, 0.6) is 5.75 Å². The second kappa shape index (κ2) is 24.6. The van der Waals surface area contributed by atoms with Crippen molar-refractivity contribution in [2.24, 2.45) is 21.1 Å². The van der Waals surface area contributed by atoms with Gasteiger partial charge in [-0.25, -0.2) is 10.0 Å². The van der Waals surface area contributed by atoms with Gasteiger partial charge in [0.1, 0.15) is 11.4 Å². The number of carbonyl (C=O) groups excluding carboxylic acids is 2. The lowest BCUT2D eigenvalue weighted by atomic mass is 9.82. The first kappa shape index (κ1) is 51.8. The first-order valence-corrected chi connectivity index (χ1v) is 25.5. The number of azo groups is 1. The Kier molecular flexibility index (Phi) is 19.0. The van der Waals surface area contributed by atoms with E-state index in [-0.39, 0.29) is 49.5 Å². The van der Waals surface area contributed by atoms with E-state index in [9.17, 15) is 9.59 Å². The number of aliphatic imine (C=N–C) groups is 1. The van der Waals surface area contributed by atoms with Crippen molar-refractivity contribution in [3.63, 3.8) is 0 Å². The Morgan fingerprint density at radius 2 is 1.42 bits per heavy atom. The van der Waals surface area contributed by atoms with Crippen LogP contribution in [0.3, 0.4) is 0 Å². The number of anilines is 2. The zero-order chi connectivity index (χ0) is 48.1. The third kappa shape index (κ3) is 14.5. The Bertz CT molecular complexity index is 2500. The van der Waals surface area contributed by atoms with Gasteiger partial charge in [-0.1, -0.05) is 174 Å². The fourth-order valence-electron chi connectivity index (χ4n) is 7.56. The average molecular weight is 1000 g/mol. The van der Waals surface area contributed by atoms with E-state index >= 15 is 0 Å². The Morgan fingerprint density at radius 1 is 0.806 bits per heavy atom. The van der Waals surface area contributed by atoms with Gasteiger partial charge in [-0.15, -0.1) is 0 Å². The summed E-state index contributed by atoms with van der Waals surface area (Å²) in [6, 6.07) is 30.6. The monoisotopic (exact) mass is 1000 g/mol. The van der Waals surface area contributed by atoms with Gasteiger partial charge in [0.2, 0.25) is 6.04 Å². The highest BCUT2D eigenvalue weighted by Crippen LogP contribution is 2.39. The van der Waals surface area contributed by atoms with Crippen LogP contribution in [-0.4, -0.2) is 29.8 Å². The van der Waals surface area contributed by atoms with Gasteiger partial charge in [0.05, 0.1) is 26.4 Å². The number of nitrogens with one attached hydrogen (secondary N) is 2. The van der Waals surface area contributed by atoms with Crippen molar-refractivity contribution in [2.45, 2.75) is 133 Å². The molecule has 1 saturated heterocycles. The van der Waals surface area contributed by atoms with Gasteiger partial charge in [0.15, 0.2) is 11.9 Å². The molecule has 0 bridgehead atoms. The molecule has 1 heterocycles. The average Bonchev–Trinajstić information content (AvgIpc) is 3.60. The van der Waals surface area contributed by atoms with Crippen LogP contribution in [0.4, 0.5) is 22.7 Å². The lowest BCUT2D eigenvalue weighted by Crippen LogP contribution is -2.38. The van der Waals surface area contributed by atoms with E-state index in [2.05, 4.69) is 98.9 Å². The summed E-state index contributed by atoms with van der Waals surface area (Å²) in [6.07, 6.45) is 10.6. The first-order chi connectivity index (χ1) is 32.1. The number of amides is 2. The minimum absolute atomic E-state index is 0.0150. The molecule has 1 aliphatic heterocycles. The fourth-order valence-corrected chi connectivity index (χ4v) is 9.52. The molecule has 0 saturated carbocycles. The van der Waals surface area contributed by atoms with Crippen LogP contribution in [0.1, 0.15) is 110 Å². The maximum Gasteiger partial charge on any atom is 0.280 e. The summed E-state index contributed by atoms with van der Waals surface area (Å²) in [6.45, 7) is 13.0. The lowest BCUT2D eigenvalue weighted by molar-refractivity contribution is -0.125. The van der Waals surface area contributed by atoms with Crippen molar-refractivity contribution in [1.82, 2.24) is 5.43 Å². The second-order valence-corrected chi connectivity index (χ2v) is 20.5. The summed E-state index contributed by atoms with van der Waals surface area (Å²) in [4.78, 5) is 35.4. The van der Waals surface area contributed by atoms with E-state index in [0.717, 1.165) is 35.5 Å². The Hall–Kier alpha value is -4.58. The number of amidine groups is 1. The Balaban J connectivity index is 1.24. The van der Waals surface area contributed by atoms with Gasteiger partial charge >= 0.3 is 0 Å². The molecule has 1 fully saturated rings. The molecule has 0 aliphatic carbocycles. The molecule has 9 nitrogen and oxygen atoms in total. The normalized spacial score (nSPS) is 15.6. The van der Waals surface area contributed by atoms with Crippen molar-refractivity contribution < 1.29 is 14.3 Å². The second-order valence-electron chi connectivity index (χ2n) is 17.7. The van der Waals surface area contributed by atoms with Crippen LogP contribution in [0.2, 0.25) is 20.1 Å². The van der Waals surface area contributed by atoms with Crippen LogP contribution in [0.25, 0.3) is 0 Å². The third-order valence-electron chi connectivity index (χ3n) is 12.1. The van der Waals surface area contributed by atoms with Crippen molar-refractivity contribution in [2.75, 3.05) is 10.3 Å². The van der Waals surface area contributed by atoms with E-state index in [4.69, 9.17) is 56.1 Å². The van der Waals surface area contributed by atoms with Crippen LogP contribution in [0, 0.1) is 12.8 Å². The van der Waals surface area contributed by atoms with Crippen molar-refractivity contribution in [3.05, 3.63) is 134 Å². The molecule has 1 aliphatic rings. The molecule has 5 aromatic rings. The number of carbonyl (C=O) groups is 2. The third-order valence-corrected chi connectivity index (χ3v) is 14.2. The van der Waals surface area contributed by atoms with Crippen LogP contribution in [0.15, 0.2) is 128 Å². The van der Waals surface area contributed by atoms with E-state index in [0.29, 0.717) is 22.1 Å². The number of halogens is 4. The topological polar surface area (TPSA) is 108 Å². The minimum Gasteiger partial charge on any atom is -0.480 e. The number of aryl methyl sites for hydroxylation is 1. The summed E-state index contributed by atoms with van der Waals surface area (Å²) in [7, 11) is 0. The van der Waals surface area contributed by atoms with Crippen LogP contribution >= 0.6 is 58.2 Å². The number of hydrazine groups is 1. The van der Waals surface area contributed by atoms with Gasteiger partial charge < -0.3 is 10.1 Å². The zero-order valence-electron chi connectivity index (χ0n) is 39.1. The summed E-state index contributed by atoms with van der Waals surface area (Å²) in [5.41, 5.74) is 6.85. The maximum atomic E-state index is 14.3. The molecule has 3 unspecified atom stereocenters. The minimum atomic E-state index is -1.25. The zero-order valence-corrected chi connectivity index (χ0v) is 42.9. The van der Waals surface area contributed by atoms with Crippen molar-refractivity contribution in [1.29, 1.82) is 0 Å². The number of ether oxygens (including phenoxy) is 1. The molecule has 0 aromatic heterocycles. The predicted molar refractivity (Wildman–Crippen MR) is 280 cm³/mol. The van der Waals surface area contributed by atoms with E-state index in [1.165, 1.54) is 66.8 Å². The van der Waals surface area contributed by atoms with Gasteiger partial charge in [-0.3, -0.25) is 15.0 Å². The molecule has 6 rings (SSSR count). The standard InChI is InChI=1S/C53H60Cl4N6O3S/c1-7-9-10-11-12-13-14-15-16-35(4)49(66-40-24-19-36(20-25-40)53(5,6)8-2)51(64)58-39-23-30-43(55)46(33-39)59-50-47(52(65)63(62-50)48-44(56)31-37(54)32-45(48)57)61-60-38-21-28-42(29-22-38)67-41-26-17-34(3)18-27-41/h17-33,35,47,49H,7-16H2,1-6H3,(H,58,64)(H,59,62). The van der Waals surface area contributed by atoms with E-state index in [1.54, 1.807) is 30.0 Å². The number of unbranched alkanes of at least 4 members (excludes halogenated alkanes) is 7.